The van der Waals surface area contributed by atoms with Crippen molar-refractivity contribution in [2.24, 2.45) is 5.10 Å². The van der Waals surface area contributed by atoms with Crippen LogP contribution < -0.4 is 4.74 Å². The summed E-state index contributed by atoms with van der Waals surface area (Å²) in [4.78, 5) is 12.1. The Kier molecular flexibility index (Phi) is 4.93. The van der Waals surface area contributed by atoms with E-state index in [0.717, 1.165) is 0 Å². The average molecular weight is 330 g/mol. The molecule has 5 nitrogen and oxygen atoms in total. The van der Waals surface area contributed by atoms with Crippen LogP contribution in [-0.2, 0) is 4.79 Å². The lowest BCUT2D eigenvalue weighted by atomic mass is 10.0. The fraction of sp³-hybridized carbons (Fsp3) is 0.467. The molecule has 1 aromatic carbocycles. The van der Waals surface area contributed by atoms with Crippen LogP contribution in [0.4, 0.5) is 13.2 Å². The van der Waals surface area contributed by atoms with E-state index in [0.29, 0.717) is 12.2 Å². The SMILES string of the molecule is CCCC1=NN(C(=O)COc2ccccc2)[C@](O)(C(F)(F)F)C1. The van der Waals surface area contributed by atoms with Crippen molar-refractivity contribution in [3.05, 3.63) is 30.3 Å². The molecule has 2 rings (SSSR count). The predicted octanol–water partition coefficient (Wildman–Crippen LogP) is 2.70. The molecule has 0 aromatic heterocycles. The molecule has 8 heteroatoms. The van der Waals surface area contributed by atoms with Crippen molar-refractivity contribution in [2.45, 2.75) is 38.1 Å². The number of benzene rings is 1. The van der Waals surface area contributed by atoms with E-state index in [4.69, 9.17) is 4.74 Å². The maximum atomic E-state index is 13.2. The molecule has 0 fully saturated rings. The zero-order chi connectivity index (χ0) is 17.1. The minimum atomic E-state index is -5.01. The van der Waals surface area contributed by atoms with Gasteiger partial charge < -0.3 is 9.84 Å². The molecule has 1 N–H and O–H groups in total. The summed E-state index contributed by atoms with van der Waals surface area (Å²) in [5.74, 6) is -0.715. The Morgan fingerprint density at radius 1 is 1.39 bits per heavy atom. The first-order valence-corrected chi connectivity index (χ1v) is 7.14. The number of para-hydroxylation sites is 1. The smallest absolute Gasteiger partial charge is 0.438 e. The van der Waals surface area contributed by atoms with Gasteiger partial charge in [-0.15, -0.1) is 0 Å². The van der Waals surface area contributed by atoms with E-state index < -0.39 is 30.8 Å². The monoisotopic (exact) mass is 330 g/mol. The minimum absolute atomic E-state index is 0.0981. The molecule has 0 aliphatic carbocycles. The summed E-state index contributed by atoms with van der Waals surface area (Å²) in [5, 5.41) is 13.7. The topological polar surface area (TPSA) is 62.1 Å². The second kappa shape index (κ2) is 6.57. The number of hydrogen-bond acceptors (Lipinski definition) is 4. The highest BCUT2D eigenvalue weighted by molar-refractivity contribution is 5.91. The number of hydrogen-bond donors (Lipinski definition) is 1. The minimum Gasteiger partial charge on any atom is -0.484 e. The molecule has 1 aromatic rings. The number of nitrogens with zero attached hydrogens (tertiary/aromatic N) is 2. The third-order valence-electron chi connectivity index (χ3n) is 3.38. The van der Waals surface area contributed by atoms with E-state index >= 15 is 0 Å². The Morgan fingerprint density at radius 3 is 2.61 bits per heavy atom. The molecule has 0 unspecified atom stereocenters. The lowest BCUT2D eigenvalue weighted by Gasteiger charge is -2.32. The van der Waals surface area contributed by atoms with Crippen molar-refractivity contribution in [3.63, 3.8) is 0 Å². The molecule has 1 aliphatic heterocycles. The van der Waals surface area contributed by atoms with E-state index in [9.17, 15) is 23.1 Å². The van der Waals surface area contributed by atoms with Crippen LogP contribution in [0, 0.1) is 0 Å². The van der Waals surface area contributed by atoms with Gasteiger partial charge in [0.1, 0.15) is 5.75 Å². The Bertz CT molecular complexity index is 589. The van der Waals surface area contributed by atoms with Gasteiger partial charge in [-0.1, -0.05) is 31.5 Å². The quantitative estimate of drug-likeness (QED) is 0.903. The fourth-order valence-corrected chi connectivity index (χ4v) is 2.25. The van der Waals surface area contributed by atoms with E-state index in [2.05, 4.69) is 5.10 Å². The lowest BCUT2D eigenvalue weighted by Crippen LogP contribution is -2.57. The van der Waals surface area contributed by atoms with Gasteiger partial charge in [-0.3, -0.25) is 4.79 Å². The Balaban J connectivity index is 2.14. The summed E-state index contributed by atoms with van der Waals surface area (Å²) in [6, 6.07) is 8.20. The highest BCUT2D eigenvalue weighted by Gasteiger charge is 2.63. The Hall–Kier alpha value is -2.09. The van der Waals surface area contributed by atoms with Gasteiger partial charge in [-0.2, -0.15) is 23.3 Å². The van der Waals surface area contributed by atoms with E-state index in [-0.39, 0.29) is 17.1 Å². The number of halogens is 3. The molecular weight excluding hydrogens is 313 g/mol. The number of amides is 1. The summed E-state index contributed by atoms with van der Waals surface area (Å²) >= 11 is 0. The molecule has 0 saturated heterocycles. The average Bonchev–Trinajstić information content (AvgIpc) is 2.84. The van der Waals surface area contributed by atoms with Crippen LogP contribution in [0.15, 0.2) is 35.4 Å². The molecule has 1 amide bonds. The van der Waals surface area contributed by atoms with Gasteiger partial charge >= 0.3 is 6.18 Å². The number of ether oxygens (including phenoxy) is 1. The van der Waals surface area contributed by atoms with Crippen molar-refractivity contribution in [3.8, 4) is 5.75 Å². The first kappa shape index (κ1) is 17.3. The number of carbonyl (C=O) groups excluding carboxylic acids is 1. The number of alkyl halides is 3. The highest BCUT2D eigenvalue weighted by atomic mass is 19.4. The summed E-state index contributed by atoms with van der Waals surface area (Å²) < 4.78 is 44.7. The van der Waals surface area contributed by atoms with E-state index in [1.807, 2.05) is 0 Å². The molecule has 1 atom stereocenters. The normalized spacial score (nSPS) is 21.3. The number of aliphatic hydroxyl groups is 1. The maximum Gasteiger partial charge on any atom is 0.438 e. The summed E-state index contributed by atoms with van der Waals surface area (Å²) in [6.07, 6.45) is -4.90. The van der Waals surface area contributed by atoms with Crippen LogP contribution in [-0.4, -0.2) is 40.2 Å². The molecule has 126 valence electrons. The Morgan fingerprint density at radius 2 is 2.04 bits per heavy atom. The first-order chi connectivity index (χ1) is 10.8. The van der Waals surface area contributed by atoms with Crippen molar-refractivity contribution >= 4 is 11.6 Å². The van der Waals surface area contributed by atoms with Gasteiger partial charge in [0.25, 0.3) is 11.6 Å². The third-order valence-corrected chi connectivity index (χ3v) is 3.38. The number of rotatable bonds is 5. The van der Waals surface area contributed by atoms with Gasteiger partial charge in [0.2, 0.25) is 0 Å². The number of carbonyl (C=O) groups is 1. The molecule has 0 bridgehead atoms. The van der Waals surface area contributed by atoms with Crippen LogP contribution in [0.2, 0.25) is 0 Å². The van der Waals surface area contributed by atoms with E-state index in [1.54, 1.807) is 37.3 Å². The van der Waals surface area contributed by atoms with Gasteiger partial charge in [0, 0.05) is 12.1 Å². The second-order valence-corrected chi connectivity index (χ2v) is 5.21. The molecular formula is C15H17F3N2O3. The van der Waals surface area contributed by atoms with Crippen LogP contribution in [0.3, 0.4) is 0 Å². The van der Waals surface area contributed by atoms with Crippen LogP contribution in [0.25, 0.3) is 0 Å². The van der Waals surface area contributed by atoms with Crippen LogP contribution in [0.5, 0.6) is 5.75 Å². The van der Waals surface area contributed by atoms with Gasteiger partial charge in [0.05, 0.1) is 0 Å². The molecule has 0 spiro atoms. The lowest BCUT2D eigenvalue weighted by molar-refractivity contribution is -0.302. The summed E-state index contributed by atoms with van der Waals surface area (Å²) in [7, 11) is 0. The van der Waals surface area contributed by atoms with Crippen molar-refractivity contribution in [2.75, 3.05) is 6.61 Å². The Labute approximate surface area is 131 Å². The molecule has 0 saturated carbocycles. The van der Waals surface area contributed by atoms with Crippen molar-refractivity contribution in [1.29, 1.82) is 0 Å². The standard InChI is InChI=1S/C15H17F3N2O3/c1-2-6-11-9-14(22,15(16,17)18)20(19-11)13(21)10-23-12-7-4-3-5-8-12/h3-5,7-8,22H,2,6,9-10H2,1H3/t14-/m1/s1. The first-order valence-electron chi connectivity index (χ1n) is 7.14. The molecule has 1 aliphatic rings. The second-order valence-electron chi connectivity index (χ2n) is 5.21. The highest BCUT2D eigenvalue weighted by Crippen LogP contribution is 2.40. The summed E-state index contributed by atoms with van der Waals surface area (Å²) in [6.45, 7) is 1.13. The summed E-state index contributed by atoms with van der Waals surface area (Å²) in [5.41, 5.74) is -3.17. The third kappa shape index (κ3) is 3.64. The maximum absolute atomic E-state index is 13.2. The zero-order valence-electron chi connectivity index (χ0n) is 12.5. The van der Waals surface area contributed by atoms with Gasteiger partial charge in [-0.25, -0.2) is 0 Å². The van der Waals surface area contributed by atoms with Crippen molar-refractivity contribution in [1.82, 2.24) is 5.01 Å². The number of hydrazone groups is 1. The van der Waals surface area contributed by atoms with Gasteiger partial charge in [-0.05, 0) is 18.6 Å². The molecule has 23 heavy (non-hydrogen) atoms. The predicted molar refractivity (Wildman–Crippen MR) is 76.7 cm³/mol. The van der Waals surface area contributed by atoms with Crippen LogP contribution >= 0.6 is 0 Å². The largest absolute Gasteiger partial charge is 0.484 e. The van der Waals surface area contributed by atoms with E-state index in [1.165, 1.54) is 0 Å². The van der Waals surface area contributed by atoms with Crippen LogP contribution in [0.1, 0.15) is 26.2 Å². The fourth-order valence-electron chi connectivity index (χ4n) is 2.25. The van der Waals surface area contributed by atoms with Gasteiger partial charge in [0.15, 0.2) is 6.61 Å². The molecule has 1 heterocycles. The molecule has 0 radical (unpaired) electrons. The zero-order valence-corrected chi connectivity index (χ0v) is 12.5. The van der Waals surface area contributed by atoms with Crippen molar-refractivity contribution < 1.29 is 27.8 Å².